The number of rotatable bonds is 1. The summed E-state index contributed by atoms with van der Waals surface area (Å²) in [5.41, 5.74) is 2.62. The molecule has 0 radical (unpaired) electrons. The Hall–Kier alpha value is -1.84. The molecule has 2 aromatic heterocycles. The summed E-state index contributed by atoms with van der Waals surface area (Å²) in [7, 11) is 0. The van der Waals surface area contributed by atoms with E-state index in [4.69, 9.17) is 0 Å². The molecule has 0 bridgehead atoms. The molecule has 0 amide bonds. The monoisotopic (exact) mass is 175 g/mol. The molecule has 0 fully saturated rings. The normalized spacial score (nSPS) is 10.2. The number of nitrogens with zero attached hydrogens (tertiary/aromatic N) is 1. The largest absolute Gasteiger partial charge is 0.297 e. The Kier molecular flexibility index (Phi) is 1.73. The Morgan fingerprint density at radius 3 is 2.69 bits per heavy atom. The molecule has 0 saturated carbocycles. The number of aromatic amines is 2. The summed E-state index contributed by atoms with van der Waals surface area (Å²) >= 11 is 0. The molecule has 0 unspecified atom stereocenters. The molecule has 0 saturated heterocycles. The van der Waals surface area contributed by atoms with Gasteiger partial charge in [0.05, 0.1) is 5.69 Å². The Morgan fingerprint density at radius 1 is 1.23 bits per heavy atom. The van der Waals surface area contributed by atoms with Crippen LogP contribution in [0.3, 0.4) is 0 Å². The van der Waals surface area contributed by atoms with E-state index in [0.29, 0.717) is 0 Å². The summed E-state index contributed by atoms with van der Waals surface area (Å²) in [6, 6.07) is 3.47. The lowest BCUT2D eigenvalue weighted by Crippen LogP contribution is -1.93. The van der Waals surface area contributed by atoms with E-state index in [-0.39, 0.29) is 5.56 Å². The van der Waals surface area contributed by atoms with E-state index >= 15 is 0 Å². The number of nitrogens with one attached hydrogen (secondary N) is 2. The summed E-state index contributed by atoms with van der Waals surface area (Å²) in [4.78, 5) is 14.9. The van der Waals surface area contributed by atoms with Crippen LogP contribution in [0, 0.1) is 6.92 Å². The van der Waals surface area contributed by atoms with Gasteiger partial charge in [-0.05, 0) is 18.6 Å². The van der Waals surface area contributed by atoms with Gasteiger partial charge in [0.2, 0.25) is 0 Å². The Labute approximate surface area is 74.6 Å². The average molecular weight is 175 g/mol. The Balaban J connectivity index is 2.52. The Morgan fingerprint density at radius 2 is 2.08 bits per heavy atom. The van der Waals surface area contributed by atoms with E-state index in [1.807, 2.05) is 13.0 Å². The third-order valence-corrected chi connectivity index (χ3v) is 1.78. The SMILES string of the molecule is Cc1cncc(-c2cc(=O)[nH][nH]2)c1. The zero-order valence-electron chi connectivity index (χ0n) is 7.16. The number of pyridine rings is 1. The predicted molar refractivity (Wildman–Crippen MR) is 49.4 cm³/mol. The molecule has 2 aromatic rings. The zero-order chi connectivity index (χ0) is 9.26. The molecule has 0 spiro atoms. The van der Waals surface area contributed by atoms with Gasteiger partial charge in [0.15, 0.2) is 0 Å². The minimum absolute atomic E-state index is 0.128. The molecule has 13 heavy (non-hydrogen) atoms. The van der Waals surface area contributed by atoms with Crippen molar-refractivity contribution in [1.82, 2.24) is 15.2 Å². The van der Waals surface area contributed by atoms with E-state index in [1.165, 1.54) is 6.07 Å². The zero-order valence-corrected chi connectivity index (χ0v) is 7.16. The second kappa shape index (κ2) is 2.90. The molecule has 2 N–H and O–H groups in total. The van der Waals surface area contributed by atoms with E-state index in [1.54, 1.807) is 12.4 Å². The lowest BCUT2D eigenvalue weighted by molar-refractivity contribution is 1.06. The van der Waals surface area contributed by atoms with Crippen LogP contribution in [0.15, 0.2) is 29.3 Å². The molecule has 0 atom stereocenters. The molecule has 2 heterocycles. The van der Waals surface area contributed by atoms with Gasteiger partial charge in [-0.15, -0.1) is 0 Å². The third kappa shape index (κ3) is 1.51. The minimum atomic E-state index is -0.128. The van der Waals surface area contributed by atoms with Crippen molar-refractivity contribution in [1.29, 1.82) is 0 Å². The first-order valence-electron chi connectivity index (χ1n) is 3.95. The van der Waals surface area contributed by atoms with Crippen LogP contribution in [-0.4, -0.2) is 15.2 Å². The molecular weight excluding hydrogens is 166 g/mol. The van der Waals surface area contributed by atoms with Gasteiger partial charge < -0.3 is 0 Å². The quantitative estimate of drug-likeness (QED) is 0.681. The highest BCUT2D eigenvalue weighted by atomic mass is 16.1. The van der Waals surface area contributed by atoms with Gasteiger partial charge in [0.25, 0.3) is 5.56 Å². The van der Waals surface area contributed by atoms with Crippen LogP contribution in [-0.2, 0) is 0 Å². The molecule has 2 rings (SSSR count). The van der Waals surface area contributed by atoms with Crippen LogP contribution >= 0.6 is 0 Å². The van der Waals surface area contributed by atoms with E-state index in [9.17, 15) is 4.79 Å². The fraction of sp³-hybridized carbons (Fsp3) is 0.111. The van der Waals surface area contributed by atoms with Gasteiger partial charge in [0, 0.05) is 24.0 Å². The number of hydrogen-bond acceptors (Lipinski definition) is 2. The maximum Gasteiger partial charge on any atom is 0.264 e. The van der Waals surface area contributed by atoms with Crippen molar-refractivity contribution in [2.75, 3.05) is 0 Å². The molecule has 0 aromatic carbocycles. The highest BCUT2D eigenvalue weighted by Gasteiger charge is 1.99. The summed E-state index contributed by atoms with van der Waals surface area (Å²) in [5.74, 6) is 0. The summed E-state index contributed by atoms with van der Waals surface area (Å²) in [6.07, 6.45) is 3.49. The van der Waals surface area contributed by atoms with Crippen molar-refractivity contribution >= 4 is 0 Å². The van der Waals surface area contributed by atoms with Crippen LogP contribution in [0.2, 0.25) is 0 Å². The first kappa shape index (κ1) is 7.79. The van der Waals surface area contributed by atoms with Gasteiger partial charge in [-0.1, -0.05) is 0 Å². The van der Waals surface area contributed by atoms with Gasteiger partial charge in [-0.2, -0.15) is 0 Å². The second-order valence-electron chi connectivity index (χ2n) is 2.92. The van der Waals surface area contributed by atoms with E-state index < -0.39 is 0 Å². The van der Waals surface area contributed by atoms with Gasteiger partial charge >= 0.3 is 0 Å². The van der Waals surface area contributed by atoms with Gasteiger partial charge in [-0.3, -0.25) is 20.0 Å². The standard InChI is InChI=1S/C9H9N3O/c1-6-2-7(5-10-4-6)8-3-9(13)12-11-8/h2-5H,1H3,(H2,11,12,13). The lowest BCUT2D eigenvalue weighted by Gasteiger charge is -1.96. The molecule has 0 aliphatic heterocycles. The number of aryl methyl sites for hydroxylation is 1. The van der Waals surface area contributed by atoms with Gasteiger partial charge in [-0.25, -0.2) is 0 Å². The first-order valence-corrected chi connectivity index (χ1v) is 3.95. The smallest absolute Gasteiger partial charge is 0.264 e. The van der Waals surface area contributed by atoms with Crippen molar-refractivity contribution < 1.29 is 0 Å². The van der Waals surface area contributed by atoms with E-state index in [2.05, 4.69) is 15.2 Å². The maximum absolute atomic E-state index is 10.8. The molecule has 4 nitrogen and oxygen atoms in total. The van der Waals surface area contributed by atoms with Crippen molar-refractivity contribution in [3.05, 3.63) is 40.4 Å². The van der Waals surface area contributed by atoms with Crippen LogP contribution in [0.5, 0.6) is 0 Å². The first-order chi connectivity index (χ1) is 6.25. The molecule has 0 aliphatic carbocycles. The number of H-pyrrole nitrogens is 2. The Bertz CT molecular complexity index is 469. The van der Waals surface area contributed by atoms with Gasteiger partial charge in [0.1, 0.15) is 0 Å². The van der Waals surface area contributed by atoms with Crippen molar-refractivity contribution in [3.8, 4) is 11.3 Å². The van der Waals surface area contributed by atoms with Crippen molar-refractivity contribution in [2.45, 2.75) is 6.92 Å². The highest BCUT2D eigenvalue weighted by Crippen LogP contribution is 2.13. The predicted octanol–water partition coefficient (Wildman–Crippen LogP) is 1.07. The molecule has 0 aliphatic rings. The average Bonchev–Trinajstić information content (AvgIpc) is 2.52. The molecule has 4 heteroatoms. The molecular formula is C9H9N3O. The summed E-state index contributed by atoms with van der Waals surface area (Å²) in [6.45, 7) is 1.96. The fourth-order valence-electron chi connectivity index (χ4n) is 1.19. The molecule has 66 valence electrons. The van der Waals surface area contributed by atoms with E-state index in [0.717, 1.165) is 16.8 Å². The number of hydrogen-bond donors (Lipinski definition) is 2. The van der Waals surface area contributed by atoms with Crippen LogP contribution in [0.25, 0.3) is 11.3 Å². The van der Waals surface area contributed by atoms with Crippen LogP contribution in [0.4, 0.5) is 0 Å². The minimum Gasteiger partial charge on any atom is -0.297 e. The van der Waals surface area contributed by atoms with Crippen LogP contribution < -0.4 is 5.56 Å². The van der Waals surface area contributed by atoms with Crippen molar-refractivity contribution in [2.24, 2.45) is 0 Å². The van der Waals surface area contributed by atoms with Crippen LogP contribution in [0.1, 0.15) is 5.56 Å². The second-order valence-corrected chi connectivity index (χ2v) is 2.92. The van der Waals surface area contributed by atoms with Crippen molar-refractivity contribution in [3.63, 3.8) is 0 Å². The lowest BCUT2D eigenvalue weighted by atomic mass is 10.2. The number of aromatic nitrogens is 3. The third-order valence-electron chi connectivity index (χ3n) is 1.78. The fourth-order valence-corrected chi connectivity index (χ4v) is 1.19. The highest BCUT2D eigenvalue weighted by molar-refractivity contribution is 5.57. The maximum atomic E-state index is 10.8. The summed E-state index contributed by atoms with van der Waals surface area (Å²) in [5, 5.41) is 5.25. The summed E-state index contributed by atoms with van der Waals surface area (Å²) < 4.78 is 0. The topological polar surface area (TPSA) is 61.5 Å².